The van der Waals surface area contributed by atoms with Crippen LogP contribution in [-0.4, -0.2) is 16.6 Å². The van der Waals surface area contributed by atoms with Crippen molar-refractivity contribution in [3.8, 4) is 28.1 Å². The van der Waals surface area contributed by atoms with Crippen molar-refractivity contribution in [1.82, 2.24) is 9.97 Å². The first-order chi connectivity index (χ1) is 15.6. The Kier molecular flexibility index (Phi) is 7.31. The minimum absolute atomic E-state index is 0.579. The number of H-pyrrole nitrogens is 1. The van der Waals surface area contributed by atoms with Crippen LogP contribution in [-0.2, 0) is 0 Å². The van der Waals surface area contributed by atoms with Crippen LogP contribution in [0.5, 0.6) is 5.75 Å². The Morgan fingerprint density at radius 3 is 2.31 bits per heavy atom. The molecule has 0 aliphatic carbocycles. The summed E-state index contributed by atoms with van der Waals surface area (Å²) >= 11 is 12.3. The van der Waals surface area contributed by atoms with Crippen molar-refractivity contribution < 1.29 is 4.74 Å². The monoisotopic (exact) mass is 462 g/mol. The molecule has 0 saturated carbocycles. The average molecular weight is 463 g/mol. The highest BCUT2D eigenvalue weighted by molar-refractivity contribution is 6.36. The lowest BCUT2D eigenvalue weighted by atomic mass is 10.0. The second-order valence-electron chi connectivity index (χ2n) is 7.48. The van der Waals surface area contributed by atoms with Gasteiger partial charge in [-0.3, -0.25) is 0 Å². The second-order valence-corrected chi connectivity index (χ2v) is 8.32. The van der Waals surface area contributed by atoms with Crippen molar-refractivity contribution in [2.45, 2.75) is 19.8 Å². The predicted molar refractivity (Wildman–Crippen MR) is 135 cm³/mol. The maximum absolute atomic E-state index is 6.29. The van der Waals surface area contributed by atoms with Gasteiger partial charge in [-0.1, -0.05) is 79.0 Å². The van der Waals surface area contributed by atoms with Crippen LogP contribution >= 0.6 is 23.2 Å². The van der Waals surface area contributed by atoms with E-state index >= 15 is 0 Å². The van der Waals surface area contributed by atoms with E-state index in [1.165, 1.54) is 11.1 Å². The molecule has 1 aromatic heterocycles. The number of hydrogen-bond donors (Lipinski definition) is 1. The van der Waals surface area contributed by atoms with Crippen molar-refractivity contribution >= 4 is 35.4 Å². The van der Waals surface area contributed by atoms with Gasteiger partial charge in [0.05, 0.1) is 17.3 Å². The molecule has 3 nitrogen and oxygen atoms in total. The number of nitrogens with zero attached hydrogens (tertiary/aromatic N) is 1. The number of halogens is 2. The third kappa shape index (κ3) is 5.61. The van der Waals surface area contributed by atoms with Gasteiger partial charge in [0, 0.05) is 16.8 Å². The highest BCUT2D eigenvalue weighted by Gasteiger charge is 2.07. The molecule has 0 atom stereocenters. The summed E-state index contributed by atoms with van der Waals surface area (Å²) in [6, 6.07) is 22.1. The zero-order valence-electron chi connectivity index (χ0n) is 17.8. The summed E-state index contributed by atoms with van der Waals surface area (Å²) in [6.45, 7) is 2.93. The molecule has 0 bridgehead atoms. The molecule has 0 saturated heterocycles. The molecule has 0 radical (unpaired) electrons. The predicted octanol–water partition coefficient (Wildman–Crippen LogP) is 8.40. The number of ether oxygens (including phenoxy) is 1. The summed E-state index contributed by atoms with van der Waals surface area (Å²) < 4.78 is 5.74. The fourth-order valence-corrected chi connectivity index (χ4v) is 3.80. The molecule has 1 heterocycles. The van der Waals surface area contributed by atoms with Gasteiger partial charge in [0.1, 0.15) is 11.6 Å². The summed E-state index contributed by atoms with van der Waals surface area (Å²) in [5.74, 6) is 1.67. The third-order valence-electron chi connectivity index (χ3n) is 5.10. The zero-order valence-corrected chi connectivity index (χ0v) is 19.3. The van der Waals surface area contributed by atoms with Crippen molar-refractivity contribution in [3.63, 3.8) is 0 Å². The number of rotatable bonds is 8. The largest absolute Gasteiger partial charge is 0.494 e. The van der Waals surface area contributed by atoms with Gasteiger partial charge in [-0.05, 0) is 59.5 Å². The van der Waals surface area contributed by atoms with E-state index in [0.717, 1.165) is 47.8 Å². The van der Waals surface area contributed by atoms with E-state index in [-0.39, 0.29) is 0 Å². The molecule has 1 N–H and O–H groups in total. The standard InChI is InChI=1S/C27H24Cl2N2O/c1-2-3-16-32-23-12-9-21(10-13-23)20-7-4-19(5-8-20)6-15-27-30-18-26(31-27)24-14-11-22(28)17-25(24)29/h4-15,17-18H,2-3,16H2,1H3,(H,30,31)/b15-6+. The topological polar surface area (TPSA) is 37.9 Å². The summed E-state index contributed by atoms with van der Waals surface area (Å²) in [5, 5.41) is 1.18. The lowest BCUT2D eigenvalue weighted by molar-refractivity contribution is 0.309. The highest BCUT2D eigenvalue weighted by atomic mass is 35.5. The van der Waals surface area contributed by atoms with Gasteiger partial charge in [-0.2, -0.15) is 0 Å². The molecule has 5 heteroatoms. The number of imidazole rings is 1. The summed E-state index contributed by atoms with van der Waals surface area (Å²) in [7, 11) is 0. The molecule has 4 aromatic rings. The van der Waals surface area contributed by atoms with Crippen LogP contribution in [0.15, 0.2) is 72.9 Å². The zero-order chi connectivity index (χ0) is 22.3. The molecule has 0 spiro atoms. The molecule has 4 rings (SSSR count). The number of benzene rings is 3. The lowest BCUT2D eigenvalue weighted by Gasteiger charge is -2.07. The van der Waals surface area contributed by atoms with Crippen LogP contribution in [0.3, 0.4) is 0 Å². The molecular weight excluding hydrogens is 439 g/mol. The Balaban J connectivity index is 1.41. The second kappa shape index (κ2) is 10.5. The van der Waals surface area contributed by atoms with E-state index < -0.39 is 0 Å². The highest BCUT2D eigenvalue weighted by Crippen LogP contribution is 2.29. The fourth-order valence-electron chi connectivity index (χ4n) is 3.30. The Morgan fingerprint density at radius 1 is 0.906 bits per heavy atom. The number of nitrogens with one attached hydrogen (secondary N) is 1. The molecule has 0 aliphatic heterocycles. The van der Waals surface area contributed by atoms with Gasteiger partial charge in [-0.25, -0.2) is 4.98 Å². The Bertz CT molecular complexity index is 1200. The number of aromatic nitrogens is 2. The normalized spacial score (nSPS) is 11.2. The SMILES string of the molecule is CCCCOc1ccc(-c2ccc(/C=C/c3nc(-c4ccc(Cl)cc4Cl)c[nH]3)cc2)cc1. The molecule has 0 amide bonds. The maximum Gasteiger partial charge on any atom is 0.130 e. The summed E-state index contributed by atoms with van der Waals surface area (Å²) in [6.07, 6.45) is 8.03. The number of aromatic amines is 1. The third-order valence-corrected chi connectivity index (χ3v) is 5.65. The van der Waals surface area contributed by atoms with Crippen LogP contribution in [0.4, 0.5) is 0 Å². The van der Waals surface area contributed by atoms with Crippen molar-refractivity contribution in [2.75, 3.05) is 6.61 Å². The smallest absolute Gasteiger partial charge is 0.130 e. The lowest BCUT2D eigenvalue weighted by Crippen LogP contribution is -1.95. The van der Waals surface area contributed by atoms with Crippen LogP contribution in [0, 0.1) is 0 Å². The quantitative estimate of drug-likeness (QED) is 0.267. The first-order valence-corrected chi connectivity index (χ1v) is 11.4. The van der Waals surface area contributed by atoms with Crippen LogP contribution in [0.25, 0.3) is 34.5 Å². The molecule has 0 aliphatic rings. The fraction of sp³-hybridized carbons (Fsp3) is 0.148. The Hall–Kier alpha value is -3.01. The van der Waals surface area contributed by atoms with Crippen LogP contribution < -0.4 is 4.74 Å². The van der Waals surface area contributed by atoms with E-state index in [4.69, 9.17) is 27.9 Å². The van der Waals surface area contributed by atoms with E-state index in [9.17, 15) is 0 Å². The van der Waals surface area contributed by atoms with E-state index in [1.807, 2.05) is 42.6 Å². The van der Waals surface area contributed by atoms with E-state index in [2.05, 4.69) is 53.3 Å². The van der Waals surface area contributed by atoms with Crippen molar-refractivity contribution in [1.29, 1.82) is 0 Å². The molecule has 0 unspecified atom stereocenters. The van der Waals surface area contributed by atoms with Gasteiger partial charge >= 0.3 is 0 Å². The molecule has 0 fully saturated rings. The van der Waals surface area contributed by atoms with E-state index in [1.54, 1.807) is 6.07 Å². The molecule has 32 heavy (non-hydrogen) atoms. The Morgan fingerprint density at radius 2 is 1.62 bits per heavy atom. The van der Waals surface area contributed by atoms with Gasteiger partial charge in [-0.15, -0.1) is 0 Å². The van der Waals surface area contributed by atoms with Gasteiger partial charge in [0.15, 0.2) is 0 Å². The summed E-state index contributed by atoms with van der Waals surface area (Å²) in [4.78, 5) is 7.78. The van der Waals surface area contributed by atoms with E-state index in [0.29, 0.717) is 10.0 Å². The van der Waals surface area contributed by atoms with Gasteiger partial charge < -0.3 is 9.72 Å². The first kappa shape index (κ1) is 22.2. The number of hydrogen-bond acceptors (Lipinski definition) is 2. The molecule has 162 valence electrons. The van der Waals surface area contributed by atoms with Crippen molar-refractivity contribution in [3.05, 3.63) is 94.4 Å². The minimum Gasteiger partial charge on any atom is -0.494 e. The summed E-state index contributed by atoms with van der Waals surface area (Å²) in [5.41, 5.74) is 5.05. The van der Waals surface area contributed by atoms with Gasteiger partial charge in [0.2, 0.25) is 0 Å². The van der Waals surface area contributed by atoms with Gasteiger partial charge in [0.25, 0.3) is 0 Å². The number of unbranched alkanes of at least 4 members (excludes halogenated alkanes) is 1. The average Bonchev–Trinajstić information content (AvgIpc) is 3.27. The first-order valence-electron chi connectivity index (χ1n) is 10.6. The van der Waals surface area contributed by atoms with Crippen molar-refractivity contribution in [2.24, 2.45) is 0 Å². The van der Waals surface area contributed by atoms with Crippen LogP contribution in [0.1, 0.15) is 31.2 Å². The minimum atomic E-state index is 0.579. The molecular formula is C27H24Cl2N2O. The Labute approximate surface area is 198 Å². The van der Waals surface area contributed by atoms with Crippen LogP contribution in [0.2, 0.25) is 10.0 Å². The maximum atomic E-state index is 6.29. The molecule has 3 aromatic carbocycles.